The molecule has 2 N–H and O–H groups in total. The van der Waals surface area contributed by atoms with Gasteiger partial charge in [0.1, 0.15) is 17.3 Å². The molecule has 0 aliphatic carbocycles. The van der Waals surface area contributed by atoms with Crippen molar-refractivity contribution in [3.8, 4) is 11.3 Å². The second-order valence-electron chi connectivity index (χ2n) is 8.51. The third-order valence-electron chi connectivity index (χ3n) is 5.96. The minimum Gasteiger partial charge on any atom is -0.446 e. The van der Waals surface area contributed by atoms with Crippen molar-refractivity contribution in [1.29, 1.82) is 0 Å². The summed E-state index contributed by atoms with van der Waals surface area (Å²) in [5.74, 6) is 0.607. The smallest absolute Gasteiger partial charge is 0.353 e. The number of fused-ring (bicyclic) bond motifs is 1. The number of aromatic nitrogens is 5. The zero-order chi connectivity index (χ0) is 25.0. The SMILES string of the molecule is CC1=CC(c2c(-c3ccc(F)cc3)nc(N)n3c(=O)n(Cc4nc(C)oc4C)nc23)=CC(C)[N+]1=O. The van der Waals surface area contributed by atoms with E-state index in [1.54, 1.807) is 52.0 Å². The second kappa shape index (κ2) is 8.12. The molecule has 0 amide bonds. The van der Waals surface area contributed by atoms with Crippen molar-refractivity contribution >= 4 is 17.2 Å². The van der Waals surface area contributed by atoms with Gasteiger partial charge in [-0.15, -0.1) is 5.10 Å². The number of halogens is 1. The molecule has 10 nitrogen and oxygen atoms in total. The number of nitrogen functional groups attached to an aromatic ring is 1. The van der Waals surface area contributed by atoms with Gasteiger partial charge in [0.15, 0.2) is 11.5 Å². The molecule has 1 aliphatic heterocycles. The Hall–Kier alpha value is -4.41. The highest BCUT2D eigenvalue weighted by Crippen LogP contribution is 2.34. The van der Waals surface area contributed by atoms with Gasteiger partial charge in [0.05, 0.1) is 17.8 Å². The number of hydrogen-bond donors (Lipinski definition) is 1. The molecule has 0 radical (unpaired) electrons. The number of hydrogen-bond acceptors (Lipinski definition) is 7. The Bertz CT molecular complexity index is 1620. The fourth-order valence-electron chi connectivity index (χ4n) is 4.29. The number of anilines is 1. The zero-order valence-corrected chi connectivity index (χ0v) is 19.6. The van der Waals surface area contributed by atoms with E-state index in [2.05, 4.69) is 15.1 Å². The maximum absolute atomic E-state index is 13.7. The van der Waals surface area contributed by atoms with Crippen LogP contribution in [0.15, 0.2) is 51.3 Å². The largest absolute Gasteiger partial charge is 0.446 e. The van der Waals surface area contributed by atoms with E-state index < -0.39 is 17.5 Å². The lowest BCUT2D eigenvalue weighted by molar-refractivity contribution is -0.523. The predicted molar refractivity (Wildman–Crippen MR) is 127 cm³/mol. The maximum Gasteiger partial charge on any atom is 0.353 e. The topological polar surface area (TPSA) is 124 Å². The van der Waals surface area contributed by atoms with Crippen LogP contribution in [0.4, 0.5) is 10.3 Å². The first-order valence-corrected chi connectivity index (χ1v) is 11.0. The number of nitrogens with zero attached hydrogens (tertiary/aromatic N) is 6. The highest BCUT2D eigenvalue weighted by molar-refractivity contribution is 5.91. The van der Waals surface area contributed by atoms with E-state index in [9.17, 15) is 14.1 Å². The molecule has 178 valence electrons. The molecular weight excluding hydrogens is 453 g/mol. The first kappa shape index (κ1) is 22.4. The van der Waals surface area contributed by atoms with Crippen LogP contribution in [0, 0.1) is 24.6 Å². The highest BCUT2D eigenvalue weighted by atomic mass is 19.1. The van der Waals surface area contributed by atoms with Crippen molar-refractivity contribution in [2.75, 3.05) is 5.73 Å². The monoisotopic (exact) mass is 476 g/mol. The second-order valence-corrected chi connectivity index (χ2v) is 8.51. The maximum atomic E-state index is 13.7. The van der Waals surface area contributed by atoms with Gasteiger partial charge in [-0.1, -0.05) is 0 Å². The summed E-state index contributed by atoms with van der Waals surface area (Å²) in [7, 11) is 0. The van der Waals surface area contributed by atoms with Crippen molar-refractivity contribution in [3.63, 3.8) is 0 Å². The highest BCUT2D eigenvalue weighted by Gasteiger charge is 2.30. The number of nitrogens with two attached hydrogens (primary N) is 1. The molecule has 35 heavy (non-hydrogen) atoms. The van der Waals surface area contributed by atoms with Crippen LogP contribution in [0.5, 0.6) is 0 Å². The Morgan fingerprint density at radius 1 is 1.17 bits per heavy atom. The summed E-state index contributed by atoms with van der Waals surface area (Å²) < 4.78 is 22.5. The zero-order valence-electron chi connectivity index (χ0n) is 19.6. The van der Waals surface area contributed by atoms with E-state index in [1.807, 2.05) is 0 Å². The number of aryl methyl sites for hydroxylation is 2. The number of rotatable bonds is 4. The molecule has 0 bridgehead atoms. The van der Waals surface area contributed by atoms with Crippen LogP contribution in [0.1, 0.15) is 36.8 Å². The van der Waals surface area contributed by atoms with Crippen molar-refractivity contribution in [1.82, 2.24) is 24.1 Å². The summed E-state index contributed by atoms with van der Waals surface area (Å²) >= 11 is 0. The fourth-order valence-corrected chi connectivity index (χ4v) is 4.29. The normalized spacial score (nSPS) is 16.0. The summed E-state index contributed by atoms with van der Waals surface area (Å²) in [5.41, 5.74) is 9.25. The fraction of sp³-hybridized carbons (Fsp3) is 0.250. The molecule has 0 spiro atoms. The van der Waals surface area contributed by atoms with Crippen LogP contribution in [0.2, 0.25) is 0 Å². The van der Waals surface area contributed by atoms with Crippen molar-refractivity contribution in [3.05, 3.63) is 86.2 Å². The number of benzene rings is 1. The molecule has 1 aromatic carbocycles. The predicted octanol–water partition coefficient (Wildman–Crippen LogP) is 3.40. The number of oxazole rings is 1. The molecule has 4 aromatic rings. The van der Waals surface area contributed by atoms with Gasteiger partial charge in [0.2, 0.25) is 17.7 Å². The Morgan fingerprint density at radius 2 is 1.89 bits per heavy atom. The molecule has 1 atom stereocenters. The molecule has 0 saturated carbocycles. The van der Waals surface area contributed by atoms with E-state index >= 15 is 0 Å². The van der Waals surface area contributed by atoms with Gasteiger partial charge in [-0.05, 0) is 42.8 Å². The first-order chi connectivity index (χ1) is 16.6. The molecule has 0 saturated heterocycles. The van der Waals surface area contributed by atoms with Crippen molar-refractivity contribution < 1.29 is 13.6 Å². The van der Waals surface area contributed by atoms with Gasteiger partial charge < -0.3 is 10.2 Å². The van der Waals surface area contributed by atoms with Crippen molar-refractivity contribution in [2.45, 2.75) is 40.3 Å². The van der Waals surface area contributed by atoms with E-state index in [1.165, 1.54) is 21.2 Å². The Balaban J connectivity index is 1.80. The lowest BCUT2D eigenvalue weighted by atomic mass is 9.95. The quantitative estimate of drug-likeness (QED) is 0.448. The standard InChI is InChI=1S/C24H23FN7O3/c1-12-9-17(10-13(2)32(12)34)20-21(16-5-7-18(25)8-6-16)28-23(26)31-22(20)29-30(24(31)33)11-19-14(3)35-15(4)27-19/h5-10,12H,11H2,1-4H3,(H2,26,28)/q+1. The Kier molecular flexibility index (Phi) is 5.19. The van der Waals surface area contributed by atoms with Gasteiger partial charge >= 0.3 is 5.69 Å². The summed E-state index contributed by atoms with van der Waals surface area (Å²) in [6, 6.07) is 5.34. The van der Waals surface area contributed by atoms with Crippen LogP contribution in [0.3, 0.4) is 0 Å². The molecule has 5 rings (SSSR count). The van der Waals surface area contributed by atoms with Crippen LogP contribution >= 0.6 is 0 Å². The summed E-state index contributed by atoms with van der Waals surface area (Å²) in [6.45, 7) is 7.04. The minimum absolute atomic E-state index is 0.0667. The van der Waals surface area contributed by atoms with E-state index in [-0.39, 0.29) is 18.1 Å². The Labute approximate surface area is 198 Å². The van der Waals surface area contributed by atoms with E-state index in [4.69, 9.17) is 10.2 Å². The molecule has 4 heterocycles. The first-order valence-electron chi connectivity index (χ1n) is 11.0. The van der Waals surface area contributed by atoms with Gasteiger partial charge in [0.25, 0.3) is 0 Å². The summed E-state index contributed by atoms with van der Waals surface area (Å²) in [6.07, 6.45) is 3.48. The lowest BCUT2D eigenvalue weighted by Gasteiger charge is -2.15. The third-order valence-corrected chi connectivity index (χ3v) is 5.96. The Morgan fingerprint density at radius 3 is 2.51 bits per heavy atom. The summed E-state index contributed by atoms with van der Waals surface area (Å²) in [5, 5.41) is 4.60. The number of allylic oxidation sites excluding steroid dienone is 3. The van der Waals surface area contributed by atoms with Gasteiger partial charge in [-0.3, -0.25) is 0 Å². The average molecular weight is 476 g/mol. The molecule has 1 aliphatic rings. The van der Waals surface area contributed by atoms with E-state index in [0.29, 0.717) is 45.4 Å². The average Bonchev–Trinajstić information content (AvgIpc) is 3.30. The van der Waals surface area contributed by atoms with Gasteiger partial charge in [-0.2, -0.15) is 0 Å². The number of nitroso groups, excluding NO2 is 1. The molecular formula is C24H23FN7O3+. The molecule has 3 aromatic heterocycles. The molecule has 0 fully saturated rings. The summed E-state index contributed by atoms with van der Waals surface area (Å²) in [4.78, 5) is 34.5. The lowest BCUT2D eigenvalue weighted by Crippen LogP contribution is -2.24. The van der Waals surface area contributed by atoms with Crippen LogP contribution in [0.25, 0.3) is 22.5 Å². The molecule has 11 heteroatoms. The van der Waals surface area contributed by atoms with E-state index in [0.717, 1.165) is 4.76 Å². The van der Waals surface area contributed by atoms with Gasteiger partial charge in [0, 0.05) is 42.1 Å². The third kappa shape index (κ3) is 3.74. The molecule has 1 unspecified atom stereocenters. The van der Waals surface area contributed by atoms with Crippen LogP contribution in [-0.4, -0.2) is 35.0 Å². The van der Waals surface area contributed by atoms with Crippen LogP contribution in [-0.2, 0) is 6.54 Å². The van der Waals surface area contributed by atoms with Crippen LogP contribution < -0.4 is 11.4 Å². The minimum atomic E-state index is -0.493. The van der Waals surface area contributed by atoms with Gasteiger partial charge in [-0.25, -0.2) is 28.2 Å². The van der Waals surface area contributed by atoms with Crippen molar-refractivity contribution in [2.24, 2.45) is 0 Å².